The highest BCUT2D eigenvalue weighted by Crippen LogP contribution is 2.14. The van der Waals surface area contributed by atoms with E-state index in [2.05, 4.69) is 42.9 Å². The number of ether oxygens (including phenoxy) is 1. The Balaban J connectivity index is 1.42. The number of benzene rings is 1. The first-order chi connectivity index (χ1) is 14.3. The van der Waals surface area contributed by atoms with Crippen molar-refractivity contribution in [2.75, 3.05) is 20.2 Å². The fraction of sp³-hybridized carbons (Fsp3) is 0.381. The third kappa shape index (κ3) is 6.38. The van der Waals surface area contributed by atoms with Gasteiger partial charge in [-0.1, -0.05) is 12.1 Å². The zero-order valence-corrected chi connectivity index (χ0v) is 16.9. The third-order valence-electron chi connectivity index (χ3n) is 4.35. The van der Waals surface area contributed by atoms with Gasteiger partial charge in [0.2, 0.25) is 5.82 Å². The van der Waals surface area contributed by atoms with Gasteiger partial charge in [-0.25, -0.2) is 9.98 Å². The molecule has 0 aliphatic rings. The molecule has 0 bridgehead atoms. The quantitative estimate of drug-likeness (QED) is 0.277. The number of unbranched alkanes of at least 4 members (excludes halogenated alkanes) is 1. The normalized spacial score (nSPS) is 11.4. The second-order valence-corrected chi connectivity index (χ2v) is 6.51. The van der Waals surface area contributed by atoms with E-state index < -0.39 is 0 Å². The van der Waals surface area contributed by atoms with Crippen LogP contribution in [0.2, 0.25) is 0 Å². The molecule has 0 amide bonds. The molecule has 2 aromatic heterocycles. The summed E-state index contributed by atoms with van der Waals surface area (Å²) < 4.78 is 10.5. The summed E-state index contributed by atoms with van der Waals surface area (Å²) in [6.07, 6.45) is 4.81. The van der Waals surface area contributed by atoms with Gasteiger partial charge in [-0.05, 0) is 56.0 Å². The summed E-state index contributed by atoms with van der Waals surface area (Å²) in [5.74, 6) is 3.53. The van der Waals surface area contributed by atoms with E-state index in [0.717, 1.165) is 44.1 Å². The highest BCUT2D eigenvalue weighted by atomic mass is 16.5. The van der Waals surface area contributed by atoms with Crippen molar-refractivity contribution < 1.29 is 9.15 Å². The first-order valence-electron chi connectivity index (χ1n) is 9.88. The lowest BCUT2D eigenvalue weighted by Gasteiger charge is -2.11. The first-order valence-corrected chi connectivity index (χ1v) is 9.88. The van der Waals surface area contributed by atoms with Gasteiger partial charge in [-0.3, -0.25) is 5.10 Å². The Hall–Kier alpha value is -3.29. The van der Waals surface area contributed by atoms with Gasteiger partial charge in [0.25, 0.3) is 0 Å². The number of aryl methyl sites for hydroxylation is 1. The lowest BCUT2D eigenvalue weighted by molar-refractivity contribution is 0.414. The van der Waals surface area contributed by atoms with E-state index >= 15 is 0 Å². The number of hydrogen-bond acceptors (Lipinski definition) is 5. The van der Waals surface area contributed by atoms with Crippen molar-refractivity contribution in [1.82, 2.24) is 25.8 Å². The zero-order valence-electron chi connectivity index (χ0n) is 16.9. The highest BCUT2D eigenvalue weighted by Gasteiger charge is 2.08. The number of aromatic nitrogens is 3. The summed E-state index contributed by atoms with van der Waals surface area (Å²) in [7, 11) is 1.69. The summed E-state index contributed by atoms with van der Waals surface area (Å²) in [6, 6.07) is 11.9. The van der Waals surface area contributed by atoms with Crippen LogP contribution in [0.15, 0.2) is 52.1 Å². The molecule has 0 spiro atoms. The number of aliphatic imine (C=N–C) groups is 1. The van der Waals surface area contributed by atoms with Crippen molar-refractivity contribution in [3.63, 3.8) is 0 Å². The molecule has 3 rings (SSSR count). The second-order valence-electron chi connectivity index (χ2n) is 6.51. The molecular weight excluding hydrogens is 368 g/mol. The van der Waals surface area contributed by atoms with Gasteiger partial charge in [0.05, 0.1) is 13.4 Å². The van der Waals surface area contributed by atoms with Crippen molar-refractivity contribution in [3.8, 4) is 17.3 Å². The number of hydrogen-bond donors (Lipinski definition) is 3. The van der Waals surface area contributed by atoms with Crippen LogP contribution in [0.5, 0.6) is 5.75 Å². The minimum atomic E-state index is 0.412. The highest BCUT2D eigenvalue weighted by molar-refractivity contribution is 5.79. The second kappa shape index (κ2) is 10.9. The molecule has 0 saturated heterocycles. The average Bonchev–Trinajstić information content (AvgIpc) is 3.44. The zero-order chi connectivity index (χ0) is 20.3. The van der Waals surface area contributed by atoms with E-state index in [9.17, 15) is 0 Å². The Bertz CT molecular complexity index is 871. The molecule has 3 aromatic rings. The predicted octanol–water partition coefficient (Wildman–Crippen LogP) is 3.15. The number of guanidine groups is 1. The van der Waals surface area contributed by atoms with E-state index in [1.807, 2.05) is 31.2 Å². The van der Waals surface area contributed by atoms with E-state index in [0.29, 0.717) is 24.0 Å². The molecule has 0 atom stereocenters. The van der Waals surface area contributed by atoms with E-state index in [1.165, 1.54) is 5.56 Å². The molecule has 2 heterocycles. The van der Waals surface area contributed by atoms with E-state index in [1.54, 1.807) is 13.4 Å². The van der Waals surface area contributed by atoms with Gasteiger partial charge in [-0.15, -0.1) is 5.10 Å². The molecule has 0 aliphatic carbocycles. The van der Waals surface area contributed by atoms with Crippen LogP contribution in [-0.4, -0.2) is 41.3 Å². The molecule has 8 nitrogen and oxygen atoms in total. The number of nitrogens with one attached hydrogen (secondary N) is 3. The van der Waals surface area contributed by atoms with Gasteiger partial charge in [0, 0.05) is 13.1 Å². The van der Waals surface area contributed by atoms with Crippen molar-refractivity contribution in [1.29, 1.82) is 0 Å². The fourth-order valence-corrected chi connectivity index (χ4v) is 2.83. The van der Waals surface area contributed by atoms with Crippen LogP contribution in [0.3, 0.4) is 0 Å². The minimum Gasteiger partial charge on any atom is -0.497 e. The summed E-state index contributed by atoms with van der Waals surface area (Å²) in [6.45, 7) is 4.11. The van der Waals surface area contributed by atoms with Crippen LogP contribution < -0.4 is 15.4 Å². The molecule has 0 saturated carbocycles. The lowest BCUT2D eigenvalue weighted by atomic mass is 10.1. The fourth-order valence-electron chi connectivity index (χ4n) is 2.83. The maximum atomic E-state index is 5.30. The number of H-pyrrole nitrogens is 1. The number of furan rings is 1. The van der Waals surface area contributed by atoms with Crippen LogP contribution in [0.25, 0.3) is 11.6 Å². The monoisotopic (exact) mass is 396 g/mol. The van der Waals surface area contributed by atoms with Gasteiger partial charge in [-0.2, -0.15) is 0 Å². The smallest absolute Gasteiger partial charge is 0.216 e. The Morgan fingerprint density at radius 3 is 2.76 bits per heavy atom. The number of rotatable bonds is 10. The standard InChI is InChI=1S/C21H28N6O2/c1-3-22-21(23-13-5-4-7-16-9-11-17(28-2)12-10-16)24-15-19-25-20(27-26-19)18-8-6-14-29-18/h6,8-12,14H,3-5,7,13,15H2,1-2H3,(H2,22,23,24)(H,25,26,27). The molecule has 29 heavy (non-hydrogen) atoms. The minimum absolute atomic E-state index is 0.412. The van der Waals surface area contributed by atoms with Gasteiger partial charge in [0.15, 0.2) is 11.7 Å². The molecule has 3 N–H and O–H groups in total. The molecule has 0 fully saturated rings. The largest absolute Gasteiger partial charge is 0.497 e. The molecular formula is C21H28N6O2. The van der Waals surface area contributed by atoms with Crippen LogP contribution in [0.4, 0.5) is 0 Å². The average molecular weight is 396 g/mol. The Morgan fingerprint density at radius 1 is 1.17 bits per heavy atom. The molecule has 0 radical (unpaired) electrons. The predicted molar refractivity (Wildman–Crippen MR) is 113 cm³/mol. The summed E-state index contributed by atoms with van der Waals surface area (Å²) >= 11 is 0. The molecule has 0 aliphatic heterocycles. The van der Waals surface area contributed by atoms with E-state index in [4.69, 9.17) is 9.15 Å². The number of methoxy groups -OCH3 is 1. The van der Waals surface area contributed by atoms with Gasteiger partial charge < -0.3 is 19.8 Å². The summed E-state index contributed by atoms with van der Waals surface area (Å²) in [4.78, 5) is 8.98. The van der Waals surface area contributed by atoms with Crippen molar-refractivity contribution in [2.45, 2.75) is 32.7 Å². The van der Waals surface area contributed by atoms with Crippen LogP contribution in [-0.2, 0) is 13.0 Å². The summed E-state index contributed by atoms with van der Waals surface area (Å²) in [5, 5.41) is 13.7. The van der Waals surface area contributed by atoms with Crippen LogP contribution in [0, 0.1) is 0 Å². The number of aromatic amines is 1. The molecule has 1 aromatic carbocycles. The molecule has 0 unspecified atom stereocenters. The SMILES string of the molecule is CCNC(=NCc1nc(-c2ccco2)n[nH]1)NCCCCc1ccc(OC)cc1. The van der Waals surface area contributed by atoms with Crippen molar-refractivity contribution >= 4 is 5.96 Å². The van der Waals surface area contributed by atoms with Crippen molar-refractivity contribution in [3.05, 3.63) is 54.0 Å². The Kier molecular flexibility index (Phi) is 7.68. The van der Waals surface area contributed by atoms with Crippen molar-refractivity contribution in [2.24, 2.45) is 4.99 Å². The van der Waals surface area contributed by atoms with Crippen LogP contribution in [0.1, 0.15) is 31.2 Å². The number of nitrogens with zero attached hydrogens (tertiary/aromatic N) is 3. The third-order valence-corrected chi connectivity index (χ3v) is 4.35. The maximum Gasteiger partial charge on any atom is 0.216 e. The molecule has 154 valence electrons. The van der Waals surface area contributed by atoms with Crippen LogP contribution >= 0.6 is 0 Å². The Labute approximate surface area is 170 Å². The lowest BCUT2D eigenvalue weighted by Crippen LogP contribution is -2.37. The maximum absolute atomic E-state index is 5.30. The van der Waals surface area contributed by atoms with E-state index in [-0.39, 0.29) is 0 Å². The molecule has 8 heteroatoms. The Morgan fingerprint density at radius 2 is 2.03 bits per heavy atom. The van der Waals surface area contributed by atoms with Gasteiger partial charge in [0.1, 0.15) is 18.1 Å². The summed E-state index contributed by atoms with van der Waals surface area (Å²) in [5.41, 5.74) is 1.32. The first kappa shape index (κ1) is 20.4. The van der Waals surface area contributed by atoms with Gasteiger partial charge >= 0.3 is 0 Å². The topological polar surface area (TPSA) is 100 Å².